The summed E-state index contributed by atoms with van der Waals surface area (Å²) < 4.78 is 0. The molecule has 0 saturated heterocycles. The molecule has 3 nitrogen and oxygen atoms in total. The Balaban J connectivity index is 2.12. The smallest absolute Gasteiger partial charge is 0.0568 e. The second-order valence-electron chi connectivity index (χ2n) is 5.42. The number of anilines is 3. The van der Waals surface area contributed by atoms with Crippen LogP contribution in [0, 0.1) is 5.41 Å². The summed E-state index contributed by atoms with van der Waals surface area (Å²) in [5.74, 6) is 0. The van der Waals surface area contributed by atoms with Crippen molar-refractivity contribution in [3.63, 3.8) is 0 Å². The number of hydrogen-bond acceptors (Lipinski definition) is 3. The maximum atomic E-state index is 5.80. The van der Waals surface area contributed by atoms with E-state index in [0.29, 0.717) is 22.8 Å². The molecule has 1 aromatic rings. The average Bonchev–Trinajstić information content (AvgIpc) is 2.52. The SMILES string of the molecule is CC1(C)CCCC1Nc1ccc(N)c(N)c1. The molecule has 0 amide bonds. The van der Waals surface area contributed by atoms with Gasteiger partial charge < -0.3 is 16.8 Å². The van der Waals surface area contributed by atoms with Gasteiger partial charge in [0, 0.05) is 11.7 Å². The van der Waals surface area contributed by atoms with Crippen molar-refractivity contribution >= 4 is 17.1 Å². The van der Waals surface area contributed by atoms with Gasteiger partial charge in [0.15, 0.2) is 0 Å². The molecular formula is C13H21N3. The first-order chi connectivity index (χ1) is 7.49. The minimum absolute atomic E-state index is 0.371. The highest BCUT2D eigenvalue weighted by molar-refractivity contribution is 5.69. The van der Waals surface area contributed by atoms with E-state index in [-0.39, 0.29) is 0 Å². The van der Waals surface area contributed by atoms with Gasteiger partial charge in [0.25, 0.3) is 0 Å². The highest BCUT2D eigenvalue weighted by atomic mass is 14.9. The zero-order valence-corrected chi connectivity index (χ0v) is 10.1. The Hall–Kier alpha value is -1.38. The van der Waals surface area contributed by atoms with Gasteiger partial charge in [-0.05, 0) is 36.5 Å². The van der Waals surface area contributed by atoms with Gasteiger partial charge in [-0.3, -0.25) is 0 Å². The van der Waals surface area contributed by atoms with Crippen LogP contribution in [0.1, 0.15) is 33.1 Å². The van der Waals surface area contributed by atoms with Crippen molar-refractivity contribution in [3.8, 4) is 0 Å². The van der Waals surface area contributed by atoms with Gasteiger partial charge in [-0.2, -0.15) is 0 Å². The van der Waals surface area contributed by atoms with Crippen LogP contribution in [0.15, 0.2) is 18.2 Å². The summed E-state index contributed by atoms with van der Waals surface area (Å²) in [6.07, 6.45) is 3.82. The van der Waals surface area contributed by atoms with E-state index in [4.69, 9.17) is 11.5 Å². The predicted molar refractivity (Wildman–Crippen MR) is 70.3 cm³/mol. The third-order valence-electron chi connectivity index (χ3n) is 3.68. The van der Waals surface area contributed by atoms with E-state index < -0.39 is 0 Å². The molecule has 5 N–H and O–H groups in total. The van der Waals surface area contributed by atoms with Crippen LogP contribution in [0.25, 0.3) is 0 Å². The van der Waals surface area contributed by atoms with Crippen LogP contribution in [0.4, 0.5) is 17.1 Å². The highest BCUT2D eigenvalue weighted by Gasteiger charge is 2.34. The van der Waals surface area contributed by atoms with E-state index in [2.05, 4.69) is 19.2 Å². The lowest BCUT2D eigenvalue weighted by Gasteiger charge is -2.28. The molecule has 0 bridgehead atoms. The van der Waals surface area contributed by atoms with E-state index in [1.807, 2.05) is 18.2 Å². The first-order valence-corrected chi connectivity index (χ1v) is 5.90. The zero-order valence-electron chi connectivity index (χ0n) is 10.1. The third kappa shape index (κ3) is 2.08. The molecule has 0 spiro atoms. The monoisotopic (exact) mass is 219 g/mol. The lowest BCUT2D eigenvalue weighted by atomic mass is 9.87. The number of nitrogens with one attached hydrogen (secondary N) is 1. The van der Waals surface area contributed by atoms with Crippen molar-refractivity contribution in [1.82, 2.24) is 0 Å². The van der Waals surface area contributed by atoms with Gasteiger partial charge in [0.2, 0.25) is 0 Å². The van der Waals surface area contributed by atoms with E-state index in [0.717, 1.165) is 5.69 Å². The first-order valence-electron chi connectivity index (χ1n) is 5.90. The summed E-state index contributed by atoms with van der Waals surface area (Å²) in [4.78, 5) is 0. The number of hydrogen-bond donors (Lipinski definition) is 3. The van der Waals surface area contributed by atoms with E-state index >= 15 is 0 Å². The van der Waals surface area contributed by atoms with Crippen molar-refractivity contribution in [2.45, 2.75) is 39.2 Å². The van der Waals surface area contributed by atoms with Crippen molar-refractivity contribution < 1.29 is 0 Å². The maximum absolute atomic E-state index is 5.80. The Morgan fingerprint density at radius 1 is 1.25 bits per heavy atom. The minimum Gasteiger partial charge on any atom is -0.397 e. The molecule has 1 aliphatic rings. The molecule has 1 aliphatic carbocycles. The van der Waals surface area contributed by atoms with Crippen LogP contribution >= 0.6 is 0 Å². The Morgan fingerprint density at radius 2 is 2.00 bits per heavy atom. The van der Waals surface area contributed by atoms with Crippen LogP contribution in [-0.2, 0) is 0 Å². The Bertz CT molecular complexity index is 385. The number of benzene rings is 1. The molecule has 88 valence electrons. The molecule has 1 saturated carbocycles. The van der Waals surface area contributed by atoms with Gasteiger partial charge >= 0.3 is 0 Å². The lowest BCUT2D eigenvalue weighted by Crippen LogP contribution is -2.30. The fourth-order valence-electron chi connectivity index (χ4n) is 2.46. The molecule has 1 aromatic carbocycles. The van der Waals surface area contributed by atoms with Crippen LogP contribution in [0.3, 0.4) is 0 Å². The van der Waals surface area contributed by atoms with Crippen LogP contribution in [0.2, 0.25) is 0 Å². The van der Waals surface area contributed by atoms with Crippen LogP contribution in [-0.4, -0.2) is 6.04 Å². The number of nitrogens with two attached hydrogens (primary N) is 2. The lowest BCUT2D eigenvalue weighted by molar-refractivity contribution is 0.350. The van der Waals surface area contributed by atoms with Gasteiger partial charge in [0.1, 0.15) is 0 Å². The van der Waals surface area contributed by atoms with Gasteiger partial charge in [-0.25, -0.2) is 0 Å². The largest absolute Gasteiger partial charge is 0.397 e. The van der Waals surface area contributed by atoms with Crippen molar-refractivity contribution in [1.29, 1.82) is 0 Å². The third-order valence-corrected chi connectivity index (χ3v) is 3.68. The summed E-state index contributed by atoms with van der Waals surface area (Å²) in [6, 6.07) is 6.32. The first kappa shape index (κ1) is 11.1. The maximum Gasteiger partial charge on any atom is 0.0568 e. The van der Waals surface area contributed by atoms with Gasteiger partial charge in [0.05, 0.1) is 11.4 Å². The fourth-order valence-corrected chi connectivity index (χ4v) is 2.46. The molecule has 1 atom stereocenters. The molecule has 16 heavy (non-hydrogen) atoms. The van der Waals surface area contributed by atoms with E-state index in [1.54, 1.807) is 0 Å². The van der Waals surface area contributed by atoms with Crippen molar-refractivity contribution in [3.05, 3.63) is 18.2 Å². The summed E-state index contributed by atoms with van der Waals surface area (Å²) >= 11 is 0. The van der Waals surface area contributed by atoms with Crippen LogP contribution < -0.4 is 16.8 Å². The Morgan fingerprint density at radius 3 is 2.56 bits per heavy atom. The summed E-state index contributed by atoms with van der Waals surface area (Å²) in [7, 11) is 0. The number of nitrogen functional groups attached to an aromatic ring is 2. The topological polar surface area (TPSA) is 64.1 Å². The molecule has 0 aliphatic heterocycles. The quantitative estimate of drug-likeness (QED) is 0.670. The van der Waals surface area contributed by atoms with Crippen molar-refractivity contribution in [2.24, 2.45) is 5.41 Å². The second kappa shape index (κ2) is 3.89. The molecule has 1 unspecified atom stereocenters. The minimum atomic E-state index is 0.371. The van der Waals surface area contributed by atoms with Crippen molar-refractivity contribution in [2.75, 3.05) is 16.8 Å². The van der Waals surface area contributed by atoms with Gasteiger partial charge in [-0.1, -0.05) is 20.3 Å². The Kier molecular flexibility index (Phi) is 2.70. The molecule has 0 heterocycles. The average molecular weight is 219 g/mol. The summed E-state index contributed by atoms with van der Waals surface area (Å²) in [5, 5.41) is 3.56. The highest BCUT2D eigenvalue weighted by Crippen LogP contribution is 2.39. The molecular weight excluding hydrogens is 198 g/mol. The van der Waals surface area contributed by atoms with E-state index in [1.165, 1.54) is 19.3 Å². The predicted octanol–water partition coefficient (Wildman–Crippen LogP) is 2.84. The normalized spacial score (nSPS) is 23.2. The molecule has 0 radical (unpaired) electrons. The Labute approximate surface area is 97.2 Å². The zero-order chi connectivity index (χ0) is 11.8. The molecule has 0 aromatic heterocycles. The summed E-state index contributed by atoms with van der Waals surface area (Å²) in [5.41, 5.74) is 14.2. The molecule has 1 fully saturated rings. The van der Waals surface area contributed by atoms with Crippen LogP contribution in [0.5, 0.6) is 0 Å². The second-order valence-corrected chi connectivity index (χ2v) is 5.42. The standard InChI is InChI=1S/C13H21N3/c1-13(2)7-3-4-12(13)16-9-5-6-10(14)11(15)8-9/h5-6,8,12,16H,3-4,7,14-15H2,1-2H3. The molecule has 2 rings (SSSR count). The molecule has 3 heteroatoms. The van der Waals surface area contributed by atoms with E-state index in [9.17, 15) is 0 Å². The number of rotatable bonds is 2. The fraction of sp³-hybridized carbons (Fsp3) is 0.538. The summed E-state index contributed by atoms with van der Waals surface area (Å²) in [6.45, 7) is 4.64. The van der Waals surface area contributed by atoms with Gasteiger partial charge in [-0.15, -0.1) is 0 Å².